The summed E-state index contributed by atoms with van der Waals surface area (Å²) in [7, 11) is 1.49. The molecule has 6 heteroatoms. The van der Waals surface area contributed by atoms with E-state index in [1.54, 1.807) is 0 Å². The van der Waals surface area contributed by atoms with Crippen molar-refractivity contribution in [1.29, 1.82) is 0 Å². The molecule has 0 heterocycles. The highest BCUT2D eigenvalue weighted by Crippen LogP contribution is 2.26. The molecule has 1 atom stereocenters. The molecule has 1 unspecified atom stereocenters. The molecule has 0 fully saturated rings. The van der Waals surface area contributed by atoms with Gasteiger partial charge in [0.25, 0.3) is 0 Å². The molecule has 0 bridgehead atoms. The molecule has 1 rings (SSSR count). The minimum atomic E-state index is -4.71. The molecule has 0 spiro atoms. The Kier molecular flexibility index (Phi) is 5.03. The number of hydrogen-bond donors (Lipinski definition) is 0. The van der Waals surface area contributed by atoms with Gasteiger partial charge in [-0.25, -0.2) is 0 Å². The lowest BCUT2D eigenvalue weighted by molar-refractivity contribution is -0.274. The Morgan fingerprint density at radius 1 is 1.33 bits per heavy atom. The Balaban J connectivity index is 2.62. The van der Waals surface area contributed by atoms with Crippen LogP contribution in [-0.2, 0) is 4.74 Å². The van der Waals surface area contributed by atoms with Crippen LogP contribution >= 0.6 is 0 Å². The molecule has 0 aliphatic heterocycles. The van der Waals surface area contributed by atoms with E-state index in [9.17, 15) is 13.2 Å². The average Bonchev–Trinajstić information content (AvgIpc) is 2.28. The third kappa shape index (κ3) is 5.09. The Labute approximate surface area is 103 Å². The maximum Gasteiger partial charge on any atom is 0.573 e. The summed E-state index contributed by atoms with van der Waals surface area (Å²) < 4.78 is 50.0. The maximum atomic E-state index is 12.0. The highest BCUT2D eigenvalue weighted by molar-refractivity contribution is 5.33. The molecular weight excluding hydrogens is 249 g/mol. The number of halogens is 3. The van der Waals surface area contributed by atoms with Crippen LogP contribution in [0.15, 0.2) is 36.9 Å². The summed E-state index contributed by atoms with van der Waals surface area (Å²) in [5.41, 5.74) is 0. The molecule has 0 saturated carbocycles. The summed E-state index contributed by atoms with van der Waals surface area (Å²) in [5.74, 6) is -0.0618. The highest BCUT2D eigenvalue weighted by atomic mass is 19.4. The summed E-state index contributed by atoms with van der Waals surface area (Å²) in [5, 5.41) is 0. The molecule has 0 radical (unpaired) electrons. The van der Waals surface area contributed by atoms with Crippen LogP contribution < -0.4 is 9.47 Å². The van der Waals surface area contributed by atoms with Crippen molar-refractivity contribution in [3.05, 3.63) is 36.9 Å². The molecule has 100 valence electrons. The first-order valence-electron chi connectivity index (χ1n) is 5.08. The van der Waals surface area contributed by atoms with Crippen molar-refractivity contribution in [2.75, 3.05) is 13.7 Å². The predicted octanol–water partition coefficient (Wildman–Crippen LogP) is 3.17. The quantitative estimate of drug-likeness (QED) is 0.737. The van der Waals surface area contributed by atoms with Crippen molar-refractivity contribution in [1.82, 2.24) is 0 Å². The van der Waals surface area contributed by atoms with E-state index in [2.05, 4.69) is 11.3 Å². The van der Waals surface area contributed by atoms with Crippen molar-refractivity contribution in [3.63, 3.8) is 0 Å². The standard InChI is InChI=1S/C12H13F3O3/c1-3-9(16-2)8-17-10-5-4-6-11(7-10)18-12(13,14)15/h3-7,9H,1,8H2,2H3. The van der Waals surface area contributed by atoms with Crippen LogP contribution in [0.5, 0.6) is 11.5 Å². The third-order valence-corrected chi connectivity index (χ3v) is 2.02. The van der Waals surface area contributed by atoms with Crippen LogP contribution in [0.3, 0.4) is 0 Å². The van der Waals surface area contributed by atoms with E-state index in [1.807, 2.05) is 0 Å². The number of methoxy groups -OCH3 is 1. The van der Waals surface area contributed by atoms with E-state index in [4.69, 9.17) is 9.47 Å². The number of rotatable bonds is 6. The second-order valence-corrected chi connectivity index (χ2v) is 3.34. The normalized spacial score (nSPS) is 12.9. The van der Waals surface area contributed by atoms with Crippen LogP contribution in [0.4, 0.5) is 13.2 Å². The van der Waals surface area contributed by atoms with Gasteiger partial charge in [0.1, 0.15) is 24.2 Å². The summed E-state index contributed by atoms with van der Waals surface area (Å²) in [6.45, 7) is 3.69. The molecule has 1 aromatic carbocycles. The van der Waals surface area contributed by atoms with Gasteiger partial charge < -0.3 is 14.2 Å². The topological polar surface area (TPSA) is 27.7 Å². The van der Waals surface area contributed by atoms with E-state index in [0.717, 1.165) is 6.07 Å². The molecule has 0 saturated heterocycles. The average molecular weight is 262 g/mol. The fraction of sp³-hybridized carbons (Fsp3) is 0.333. The lowest BCUT2D eigenvalue weighted by Crippen LogP contribution is -2.18. The van der Waals surface area contributed by atoms with E-state index >= 15 is 0 Å². The van der Waals surface area contributed by atoms with Gasteiger partial charge in [-0.2, -0.15) is 0 Å². The van der Waals surface area contributed by atoms with Gasteiger partial charge >= 0.3 is 6.36 Å². The lowest BCUT2D eigenvalue weighted by Gasteiger charge is -2.13. The summed E-state index contributed by atoms with van der Waals surface area (Å²) in [6, 6.07) is 5.29. The first-order chi connectivity index (χ1) is 8.44. The van der Waals surface area contributed by atoms with Gasteiger partial charge in [-0.15, -0.1) is 19.8 Å². The fourth-order valence-corrected chi connectivity index (χ4v) is 1.17. The van der Waals surface area contributed by atoms with Gasteiger partial charge in [-0.3, -0.25) is 0 Å². The monoisotopic (exact) mass is 262 g/mol. The molecule has 0 aliphatic carbocycles. The Morgan fingerprint density at radius 2 is 2.00 bits per heavy atom. The molecule has 0 amide bonds. The molecular formula is C12H13F3O3. The first-order valence-corrected chi connectivity index (χ1v) is 5.08. The summed E-state index contributed by atoms with van der Waals surface area (Å²) in [6.07, 6.45) is -3.50. The van der Waals surface area contributed by atoms with Crippen molar-refractivity contribution >= 4 is 0 Å². The second-order valence-electron chi connectivity index (χ2n) is 3.34. The zero-order valence-electron chi connectivity index (χ0n) is 9.74. The Hall–Kier alpha value is -1.69. The second kappa shape index (κ2) is 6.30. The zero-order valence-corrected chi connectivity index (χ0v) is 9.74. The first kappa shape index (κ1) is 14.4. The van der Waals surface area contributed by atoms with Gasteiger partial charge in [0.05, 0.1) is 0 Å². The van der Waals surface area contributed by atoms with E-state index in [0.29, 0.717) is 0 Å². The molecule has 0 aliphatic rings. The highest BCUT2D eigenvalue weighted by Gasteiger charge is 2.31. The van der Waals surface area contributed by atoms with Crippen LogP contribution in [0.2, 0.25) is 0 Å². The smallest absolute Gasteiger partial charge is 0.490 e. The Morgan fingerprint density at radius 3 is 2.56 bits per heavy atom. The SMILES string of the molecule is C=CC(COc1cccc(OC(F)(F)F)c1)OC. The fourth-order valence-electron chi connectivity index (χ4n) is 1.17. The van der Waals surface area contributed by atoms with Gasteiger partial charge in [0.15, 0.2) is 0 Å². The van der Waals surface area contributed by atoms with Gasteiger partial charge in [0.2, 0.25) is 0 Å². The van der Waals surface area contributed by atoms with Crippen LogP contribution in [0.25, 0.3) is 0 Å². The van der Waals surface area contributed by atoms with Crippen molar-refractivity contribution in [2.24, 2.45) is 0 Å². The zero-order chi connectivity index (χ0) is 13.6. The van der Waals surface area contributed by atoms with Gasteiger partial charge in [-0.05, 0) is 12.1 Å². The van der Waals surface area contributed by atoms with Crippen molar-refractivity contribution < 1.29 is 27.4 Å². The number of alkyl halides is 3. The van der Waals surface area contributed by atoms with Crippen LogP contribution in [0.1, 0.15) is 0 Å². The summed E-state index contributed by atoms with van der Waals surface area (Å²) >= 11 is 0. The number of hydrogen-bond acceptors (Lipinski definition) is 3. The Bertz CT molecular complexity index is 390. The molecule has 3 nitrogen and oxygen atoms in total. The van der Waals surface area contributed by atoms with E-state index in [-0.39, 0.29) is 24.2 Å². The maximum absolute atomic E-state index is 12.0. The van der Waals surface area contributed by atoms with Crippen LogP contribution in [-0.4, -0.2) is 26.2 Å². The lowest BCUT2D eigenvalue weighted by atomic mass is 10.3. The van der Waals surface area contributed by atoms with Crippen molar-refractivity contribution in [2.45, 2.75) is 12.5 Å². The van der Waals surface area contributed by atoms with Gasteiger partial charge in [0, 0.05) is 13.2 Å². The predicted molar refractivity (Wildman–Crippen MR) is 59.6 cm³/mol. The third-order valence-electron chi connectivity index (χ3n) is 2.02. The molecule has 1 aromatic rings. The van der Waals surface area contributed by atoms with E-state index in [1.165, 1.54) is 31.4 Å². The molecule has 0 aromatic heterocycles. The summed E-state index contributed by atoms with van der Waals surface area (Å²) in [4.78, 5) is 0. The van der Waals surface area contributed by atoms with E-state index < -0.39 is 6.36 Å². The minimum absolute atomic E-state index is 0.162. The molecule has 18 heavy (non-hydrogen) atoms. The number of benzene rings is 1. The largest absolute Gasteiger partial charge is 0.573 e. The molecule has 0 N–H and O–H groups in total. The van der Waals surface area contributed by atoms with Crippen molar-refractivity contribution in [3.8, 4) is 11.5 Å². The minimum Gasteiger partial charge on any atom is -0.490 e. The van der Waals surface area contributed by atoms with Crippen LogP contribution in [0, 0.1) is 0 Å². The number of ether oxygens (including phenoxy) is 3. The van der Waals surface area contributed by atoms with Gasteiger partial charge in [-0.1, -0.05) is 12.1 Å².